The summed E-state index contributed by atoms with van der Waals surface area (Å²) in [5.41, 5.74) is 1.23. The van der Waals surface area contributed by atoms with Crippen LogP contribution in [0.15, 0.2) is 42.5 Å². The summed E-state index contributed by atoms with van der Waals surface area (Å²) in [6.45, 7) is 4.26. The van der Waals surface area contributed by atoms with Crippen LogP contribution < -0.4 is 10.1 Å². The number of carbonyl (C=O) groups excluding carboxylic acids is 3. The van der Waals surface area contributed by atoms with E-state index in [-0.39, 0.29) is 25.0 Å². The fourth-order valence-electron chi connectivity index (χ4n) is 3.75. The Hall–Kier alpha value is -3.39. The molecule has 166 valence electrons. The number of nitrogens with one attached hydrogen (secondary N) is 1. The number of fused-ring (bicyclic) bond motifs is 2. The highest BCUT2D eigenvalue weighted by Gasteiger charge is 2.30. The lowest BCUT2D eigenvalue weighted by molar-refractivity contribution is -0.129. The van der Waals surface area contributed by atoms with Gasteiger partial charge in [-0.1, -0.05) is 30.3 Å². The van der Waals surface area contributed by atoms with Crippen molar-refractivity contribution in [3.63, 3.8) is 0 Å². The summed E-state index contributed by atoms with van der Waals surface area (Å²) in [7, 11) is 0. The monoisotopic (exact) mass is 452 g/mol. The standard InChI is InChI=1S/C24H24N2O5S/c1-3-30-24(29)22-19-10-11-26(15(2)27)13-20(19)32-23(22)25-21(28)14-31-18-9-8-16-6-4-5-7-17(16)12-18/h4-9,12H,3,10-11,13-14H2,1-2H3,(H,25,28). The molecule has 3 aromatic rings. The molecule has 4 rings (SSSR count). The zero-order chi connectivity index (χ0) is 22.7. The first kappa shape index (κ1) is 21.8. The summed E-state index contributed by atoms with van der Waals surface area (Å²) in [6.07, 6.45) is 0.545. The van der Waals surface area contributed by atoms with Crippen LogP contribution in [0.3, 0.4) is 0 Å². The number of esters is 1. The van der Waals surface area contributed by atoms with Gasteiger partial charge in [-0.2, -0.15) is 0 Å². The molecule has 1 N–H and O–H groups in total. The summed E-state index contributed by atoms with van der Waals surface area (Å²) in [6, 6.07) is 13.5. The smallest absolute Gasteiger partial charge is 0.341 e. The summed E-state index contributed by atoms with van der Waals surface area (Å²) >= 11 is 1.31. The molecule has 1 aromatic heterocycles. The van der Waals surface area contributed by atoms with Crippen molar-refractivity contribution >= 4 is 44.9 Å². The zero-order valence-electron chi connectivity index (χ0n) is 18.0. The van der Waals surface area contributed by atoms with Gasteiger partial charge in [0.15, 0.2) is 6.61 Å². The van der Waals surface area contributed by atoms with Gasteiger partial charge in [0.2, 0.25) is 5.91 Å². The van der Waals surface area contributed by atoms with Gasteiger partial charge in [0.05, 0.1) is 18.7 Å². The van der Waals surface area contributed by atoms with Crippen molar-refractivity contribution in [3.8, 4) is 5.75 Å². The van der Waals surface area contributed by atoms with Crippen LogP contribution in [0.25, 0.3) is 10.8 Å². The molecule has 0 fully saturated rings. The second kappa shape index (κ2) is 9.40. The minimum atomic E-state index is -0.466. The lowest BCUT2D eigenvalue weighted by Crippen LogP contribution is -2.34. The zero-order valence-corrected chi connectivity index (χ0v) is 18.8. The van der Waals surface area contributed by atoms with Gasteiger partial charge in [-0.05, 0) is 41.8 Å². The molecule has 0 aliphatic carbocycles. The van der Waals surface area contributed by atoms with Crippen LogP contribution in [0.4, 0.5) is 5.00 Å². The SMILES string of the molecule is CCOC(=O)c1c(NC(=O)COc2ccc3ccccc3c2)sc2c1CCN(C(C)=O)C2. The van der Waals surface area contributed by atoms with E-state index in [4.69, 9.17) is 9.47 Å². The van der Waals surface area contributed by atoms with Crippen LogP contribution in [0.5, 0.6) is 5.75 Å². The van der Waals surface area contributed by atoms with Crippen molar-refractivity contribution in [1.82, 2.24) is 4.90 Å². The third-order valence-electron chi connectivity index (χ3n) is 5.33. The van der Waals surface area contributed by atoms with E-state index < -0.39 is 5.97 Å². The van der Waals surface area contributed by atoms with Crippen molar-refractivity contribution in [2.45, 2.75) is 26.8 Å². The number of benzene rings is 2. The number of anilines is 1. The Morgan fingerprint density at radius 1 is 1.12 bits per heavy atom. The van der Waals surface area contributed by atoms with Gasteiger partial charge >= 0.3 is 5.97 Å². The van der Waals surface area contributed by atoms with Crippen LogP contribution in [0.1, 0.15) is 34.6 Å². The van der Waals surface area contributed by atoms with E-state index in [0.717, 1.165) is 21.2 Å². The third kappa shape index (κ3) is 4.60. The molecule has 8 heteroatoms. The number of carbonyl (C=O) groups is 3. The first-order valence-electron chi connectivity index (χ1n) is 10.4. The number of rotatable bonds is 6. The minimum absolute atomic E-state index is 0.0175. The number of thiophene rings is 1. The Morgan fingerprint density at radius 3 is 2.66 bits per heavy atom. The van der Waals surface area contributed by atoms with Crippen LogP contribution in [-0.4, -0.2) is 42.4 Å². The van der Waals surface area contributed by atoms with E-state index in [9.17, 15) is 14.4 Å². The summed E-state index contributed by atoms with van der Waals surface area (Å²) in [4.78, 5) is 39.6. The third-order valence-corrected chi connectivity index (χ3v) is 6.46. The quantitative estimate of drug-likeness (QED) is 0.572. The highest BCUT2D eigenvalue weighted by atomic mass is 32.1. The van der Waals surface area contributed by atoms with E-state index in [0.29, 0.717) is 35.8 Å². The van der Waals surface area contributed by atoms with E-state index >= 15 is 0 Å². The Balaban J connectivity index is 1.50. The Morgan fingerprint density at radius 2 is 1.91 bits per heavy atom. The maximum Gasteiger partial charge on any atom is 0.341 e. The van der Waals surface area contributed by atoms with Gasteiger partial charge in [0, 0.05) is 18.3 Å². The Bertz CT molecular complexity index is 1190. The van der Waals surface area contributed by atoms with Gasteiger partial charge in [-0.15, -0.1) is 11.3 Å². The molecule has 32 heavy (non-hydrogen) atoms. The van der Waals surface area contributed by atoms with E-state index in [1.165, 1.54) is 18.3 Å². The first-order chi connectivity index (χ1) is 15.5. The molecule has 0 bridgehead atoms. The number of hydrogen-bond donors (Lipinski definition) is 1. The van der Waals surface area contributed by atoms with Gasteiger partial charge < -0.3 is 19.7 Å². The maximum atomic E-state index is 12.6. The second-order valence-electron chi connectivity index (χ2n) is 7.46. The molecule has 2 amide bonds. The molecule has 0 atom stereocenters. The van der Waals surface area contributed by atoms with Crippen molar-refractivity contribution in [2.75, 3.05) is 25.1 Å². The van der Waals surface area contributed by atoms with Crippen LogP contribution in [0, 0.1) is 0 Å². The van der Waals surface area contributed by atoms with Crippen molar-refractivity contribution in [3.05, 3.63) is 58.5 Å². The molecule has 0 saturated carbocycles. The van der Waals surface area contributed by atoms with E-state index in [1.807, 2.05) is 42.5 Å². The largest absolute Gasteiger partial charge is 0.484 e. The number of hydrogen-bond acceptors (Lipinski definition) is 6. The van der Waals surface area contributed by atoms with Crippen molar-refractivity contribution in [2.24, 2.45) is 0 Å². The highest BCUT2D eigenvalue weighted by Crippen LogP contribution is 2.37. The average Bonchev–Trinajstić information content (AvgIpc) is 3.14. The molecular formula is C24H24N2O5S. The molecule has 1 aliphatic heterocycles. The Kier molecular flexibility index (Phi) is 6.41. The van der Waals surface area contributed by atoms with Gasteiger partial charge in [0.25, 0.3) is 5.91 Å². The van der Waals surface area contributed by atoms with Gasteiger partial charge in [-0.3, -0.25) is 9.59 Å². The molecule has 1 aliphatic rings. The van der Waals surface area contributed by atoms with E-state index in [1.54, 1.807) is 11.8 Å². The predicted molar refractivity (Wildman–Crippen MR) is 123 cm³/mol. The van der Waals surface area contributed by atoms with Crippen molar-refractivity contribution in [1.29, 1.82) is 0 Å². The summed E-state index contributed by atoms with van der Waals surface area (Å²) < 4.78 is 10.9. The number of amides is 2. The molecule has 7 nitrogen and oxygen atoms in total. The van der Waals surface area contributed by atoms with Gasteiger partial charge in [0.1, 0.15) is 10.8 Å². The minimum Gasteiger partial charge on any atom is -0.484 e. The van der Waals surface area contributed by atoms with E-state index in [2.05, 4.69) is 5.32 Å². The summed E-state index contributed by atoms with van der Waals surface area (Å²) in [5, 5.41) is 5.36. The van der Waals surface area contributed by atoms with Crippen LogP contribution in [-0.2, 0) is 27.3 Å². The fourth-order valence-corrected chi connectivity index (χ4v) is 5.02. The molecule has 0 saturated heterocycles. The first-order valence-corrected chi connectivity index (χ1v) is 11.3. The molecule has 0 radical (unpaired) electrons. The predicted octanol–water partition coefficient (Wildman–Crippen LogP) is 4.00. The molecule has 0 unspecified atom stereocenters. The summed E-state index contributed by atoms with van der Waals surface area (Å²) in [5.74, 6) is -0.263. The molecule has 2 aromatic carbocycles. The Labute approximate surface area is 189 Å². The number of ether oxygens (including phenoxy) is 2. The maximum absolute atomic E-state index is 12.6. The molecule has 0 spiro atoms. The van der Waals surface area contributed by atoms with Gasteiger partial charge in [-0.25, -0.2) is 4.79 Å². The lowest BCUT2D eigenvalue weighted by atomic mass is 10.0. The fraction of sp³-hybridized carbons (Fsp3) is 0.292. The van der Waals surface area contributed by atoms with Crippen molar-refractivity contribution < 1.29 is 23.9 Å². The number of nitrogens with zero attached hydrogens (tertiary/aromatic N) is 1. The molecular weight excluding hydrogens is 428 g/mol. The molecule has 2 heterocycles. The highest BCUT2D eigenvalue weighted by molar-refractivity contribution is 7.17. The normalized spacial score (nSPS) is 12.9. The van der Waals surface area contributed by atoms with Crippen LogP contribution in [0.2, 0.25) is 0 Å². The topological polar surface area (TPSA) is 84.9 Å². The average molecular weight is 453 g/mol. The lowest BCUT2D eigenvalue weighted by Gasteiger charge is -2.25. The van der Waals surface area contributed by atoms with Crippen LogP contribution >= 0.6 is 11.3 Å². The second-order valence-corrected chi connectivity index (χ2v) is 8.57.